The van der Waals surface area contributed by atoms with E-state index in [4.69, 9.17) is 0 Å². The molecule has 4 aliphatic carbocycles. The number of carbonyl (C=O) groups is 1. The molecule has 0 spiro atoms. The molecule has 5 rings (SSSR count). The average molecular weight is 323 g/mol. The van der Waals surface area contributed by atoms with Crippen molar-refractivity contribution in [2.24, 2.45) is 17.8 Å². The van der Waals surface area contributed by atoms with Gasteiger partial charge >= 0.3 is 6.18 Å². The molecule has 4 fully saturated rings. The lowest BCUT2D eigenvalue weighted by Crippen LogP contribution is -2.59. The zero-order valence-electron chi connectivity index (χ0n) is 12.8. The van der Waals surface area contributed by atoms with E-state index in [2.05, 4.69) is 5.32 Å². The number of amides is 1. The number of nitrogens with one attached hydrogen (secondary N) is 1. The Kier molecular flexibility index (Phi) is 3.26. The highest BCUT2D eigenvalue weighted by atomic mass is 19.4. The van der Waals surface area contributed by atoms with E-state index >= 15 is 0 Å². The molecular formula is C18H20F3NO. The smallest absolute Gasteiger partial charge is 0.347 e. The van der Waals surface area contributed by atoms with Gasteiger partial charge in [0.2, 0.25) is 0 Å². The second kappa shape index (κ2) is 4.99. The first kappa shape index (κ1) is 15.0. The van der Waals surface area contributed by atoms with Crippen LogP contribution in [0.3, 0.4) is 0 Å². The molecule has 23 heavy (non-hydrogen) atoms. The largest absolute Gasteiger partial charge is 0.416 e. The van der Waals surface area contributed by atoms with Gasteiger partial charge in [-0.25, -0.2) is 0 Å². The van der Waals surface area contributed by atoms with E-state index in [-0.39, 0.29) is 17.0 Å². The summed E-state index contributed by atoms with van der Waals surface area (Å²) in [7, 11) is 0. The number of benzene rings is 1. The Hall–Kier alpha value is -1.52. The van der Waals surface area contributed by atoms with Crippen LogP contribution >= 0.6 is 0 Å². The molecule has 1 amide bonds. The molecule has 0 saturated heterocycles. The van der Waals surface area contributed by atoms with Crippen LogP contribution in [0.5, 0.6) is 0 Å². The van der Waals surface area contributed by atoms with Crippen molar-refractivity contribution in [1.29, 1.82) is 0 Å². The second-order valence-corrected chi connectivity index (χ2v) is 7.73. The highest BCUT2D eigenvalue weighted by molar-refractivity contribution is 5.95. The van der Waals surface area contributed by atoms with E-state index in [0.717, 1.165) is 31.4 Å². The molecule has 1 aromatic rings. The van der Waals surface area contributed by atoms with Gasteiger partial charge in [-0.05, 0) is 74.5 Å². The van der Waals surface area contributed by atoms with E-state index < -0.39 is 11.7 Å². The standard InChI is InChI=1S/C18H20F3NO/c19-18(20,21)15-3-1-2-14(7-15)16(23)22-17-8-11-4-12(9-17)6-13(5-11)10-17/h1-3,7,11-13H,4-6,8-10H2,(H,22,23). The molecular weight excluding hydrogens is 303 g/mol. The van der Waals surface area contributed by atoms with Gasteiger partial charge in [0.15, 0.2) is 0 Å². The number of alkyl halides is 3. The maximum Gasteiger partial charge on any atom is 0.416 e. The molecule has 5 heteroatoms. The SMILES string of the molecule is O=C(NC12CC3CC(CC(C3)C1)C2)c1cccc(C(F)(F)F)c1. The van der Waals surface area contributed by atoms with Crippen LogP contribution in [0.15, 0.2) is 24.3 Å². The summed E-state index contributed by atoms with van der Waals surface area (Å²) in [5.74, 6) is 1.69. The fraction of sp³-hybridized carbons (Fsp3) is 0.611. The normalized spacial score (nSPS) is 35.3. The van der Waals surface area contributed by atoms with E-state index in [1.165, 1.54) is 31.4 Å². The van der Waals surface area contributed by atoms with Crippen molar-refractivity contribution in [2.75, 3.05) is 0 Å². The van der Waals surface area contributed by atoms with E-state index in [0.29, 0.717) is 17.8 Å². The minimum atomic E-state index is -4.42. The van der Waals surface area contributed by atoms with Gasteiger partial charge in [0.05, 0.1) is 5.56 Å². The second-order valence-electron chi connectivity index (χ2n) is 7.73. The molecule has 4 saturated carbocycles. The first-order valence-corrected chi connectivity index (χ1v) is 8.33. The molecule has 0 aliphatic heterocycles. The number of rotatable bonds is 2. The molecule has 124 valence electrons. The third kappa shape index (κ3) is 2.74. The van der Waals surface area contributed by atoms with Crippen molar-refractivity contribution in [1.82, 2.24) is 5.32 Å². The van der Waals surface area contributed by atoms with Crippen LogP contribution in [-0.4, -0.2) is 11.4 Å². The van der Waals surface area contributed by atoms with Crippen LogP contribution in [0.4, 0.5) is 13.2 Å². The van der Waals surface area contributed by atoms with Gasteiger partial charge in [0.25, 0.3) is 5.91 Å². The van der Waals surface area contributed by atoms with Crippen LogP contribution in [0.25, 0.3) is 0 Å². The average Bonchev–Trinajstić information content (AvgIpc) is 2.44. The Balaban J connectivity index is 1.54. The Morgan fingerprint density at radius 2 is 1.61 bits per heavy atom. The van der Waals surface area contributed by atoms with E-state index in [1.807, 2.05) is 0 Å². The molecule has 2 nitrogen and oxygen atoms in total. The monoisotopic (exact) mass is 323 g/mol. The van der Waals surface area contributed by atoms with E-state index in [1.54, 1.807) is 0 Å². The number of hydrogen-bond acceptors (Lipinski definition) is 1. The molecule has 0 unspecified atom stereocenters. The van der Waals surface area contributed by atoms with Gasteiger partial charge in [-0.3, -0.25) is 4.79 Å². The number of hydrogen-bond donors (Lipinski definition) is 1. The Bertz CT molecular complexity index is 602. The summed E-state index contributed by atoms with van der Waals surface area (Å²) in [6.07, 6.45) is 2.34. The van der Waals surface area contributed by atoms with Crippen LogP contribution in [-0.2, 0) is 6.18 Å². The molecule has 0 heterocycles. The van der Waals surface area contributed by atoms with E-state index in [9.17, 15) is 18.0 Å². The van der Waals surface area contributed by atoms with Gasteiger partial charge in [0, 0.05) is 11.1 Å². The van der Waals surface area contributed by atoms with Crippen molar-refractivity contribution in [2.45, 2.75) is 50.2 Å². The minimum Gasteiger partial charge on any atom is -0.347 e. The highest BCUT2D eigenvalue weighted by Crippen LogP contribution is 2.55. The zero-order valence-corrected chi connectivity index (χ0v) is 12.8. The molecule has 0 radical (unpaired) electrons. The fourth-order valence-electron chi connectivity index (χ4n) is 5.41. The summed E-state index contributed by atoms with van der Waals surface area (Å²) in [4.78, 5) is 12.5. The lowest BCUT2D eigenvalue weighted by molar-refractivity contribution is -0.137. The number of carbonyl (C=O) groups excluding carboxylic acids is 1. The predicted molar refractivity (Wildman–Crippen MR) is 79.8 cm³/mol. The molecule has 0 atom stereocenters. The van der Waals surface area contributed by atoms with Gasteiger partial charge in [0.1, 0.15) is 0 Å². The summed E-state index contributed by atoms with van der Waals surface area (Å²) in [5, 5.41) is 3.11. The van der Waals surface area contributed by atoms with Crippen molar-refractivity contribution in [3.63, 3.8) is 0 Å². The quantitative estimate of drug-likeness (QED) is 0.858. The maximum atomic E-state index is 12.8. The van der Waals surface area contributed by atoms with Gasteiger partial charge in [-0.1, -0.05) is 6.07 Å². The zero-order chi connectivity index (χ0) is 16.2. The molecule has 1 aromatic carbocycles. The summed E-state index contributed by atoms with van der Waals surface area (Å²) >= 11 is 0. The van der Waals surface area contributed by atoms with Gasteiger partial charge in [-0.15, -0.1) is 0 Å². The van der Waals surface area contributed by atoms with Crippen molar-refractivity contribution >= 4 is 5.91 Å². The summed E-state index contributed by atoms with van der Waals surface area (Å²) < 4.78 is 38.5. The lowest BCUT2D eigenvalue weighted by Gasteiger charge is -2.56. The van der Waals surface area contributed by atoms with Crippen molar-refractivity contribution in [3.05, 3.63) is 35.4 Å². The summed E-state index contributed by atoms with van der Waals surface area (Å²) in [6.45, 7) is 0. The summed E-state index contributed by atoms with van der Waals surface area (Å²) in [6, 6.07) is 4.72. The fourth-order valence-corrected chi connectivity index (χ4v) is 5.41. The third-order valence-electron chi connectivity index (χ3n) is 5.87. The molecule has 4 aliphatic rings. The predicted octanol–water partition coefficient (Wildman–Crippen LogP) is 4.40. The van der Waals surface area contributed by atoms with Crippen LogP contribution in [0.1, 0.15) is 54.4 Å². The first-order valence-electron chi connectivity index (χ1n) is 8.33. The topological polar surface area (TPSA) is 29.1 Å². The van der Waals surface area contributed by atoms with Gasteiger partial charge < -0.3 is 5.32 Å². The highest BCUT2D eigenvalue weighted by Gasteiger charge is 2.51. The molecule has 1 N–H and O–H groups in total. The Labute approximate surface area is 133 Å². The van der Waals surface area contributed by atoms with Gasteiger partial charge in [-0.2, -0.15) is 13.2 Å². The third-order valence-corrected chi connectivity index (χ3v) is 5.87. The maximum absolute atomic E-state index is 12.8. The molecule has 0 aromatic heterocycles. The van der Waals surface area contributed by atoms with Crippen molar-refractivity contribution < 1.29 is 18.0 Å². The minimum absolute atomic E-state index is 0.107. The van der Waals surface area contributed by atoms with Crippen molar-refractivity contribution in [3.8, 4) is 0 Å². The first-order chi connectivity index (χ1) is 10.8. The van der Waals surface area contributed by atoms with Crippen LogP contribution in [0.2, 0.25) is 0 Å². The summed E-state index contributed by atoms with van der Waals surface area (Å²) in [5.41, 5.74) is -0.841. The van der Waals surface area contributed by atoms with Crippen LogP contribution in [0, 0.1) is 17.8 Å². The Morgan fingerprint density at radius 3 is 2.13 bits per heavy atom. The number of halogens is 3. The van der Waals surface area contributed by atoms with Crippen LogP contribution < -0.4 is 5.32 Å². The lowest BCUT2D eigenvalue weighted by atomic mass is 9.53. The molecule has 4 bridgehead atoms. The Morgan fingerprint density at radius 1 is 1.04 bits per heavy atom.